The summed E-state index contributed by atoms with van der Waals surface area (Å²) in [4.78, 5) is 0. The lowest BCUT2D eigenvalue weighted by Crippen LogP contribution is -2.28. The molecule has 0 saturated carbocycles. The minimum Gasteiger partial charge on any atom is -0.483 e. The van der Waals surface area contributed by atoms with Crippen molar-refractivity contribution in [1.29, 1.82) is 0 Å². The molecule has 0 fully saturated rings. The van der Waals surface area contributed by atoms with Crippen LogP contribution in [-0.2, 0) is 0 Å². The van der Waals surface area contributed by atoms with E-state index in [1.807, 2.05) is 39.8 Å². The van der Waals surface area contributed by atoms with Gasteiger partial charge in [-0.1, -0.05) is 6.08 Å². The van der Waals surface area contributed by atoms with E-state index in [9.17, 15) is 5.11 Å². The molecule has 0 aromatic heterocycles. The highest BCUT2D eigenvalue weighted by molar-refractivity contribution is 5.67. The van der Waals surface area contributed by atoms with Crippen LogP contribution in [0.25, 0.3) is 6.08 Å². The van der Waals surface area contributed by atoms with E-state index in [1.54, 1.807) is 0 Å². The number of nitrogens with two attached hydrogens (primary N) is 1. The Balaban J connectivity index is 2.58. The molecule has 1 aromatic carbocycles. The lowest BCUT2D eigenvalue weighted by Gasteiger charge is -2.30. The van der Waals surface area contributed by atoms with E-state index in [4.69, 9.17) is 10.5 Å². The van der Waals surface area contributed by atoms with Gasteiger partial charge in [0.2, 0.25) is 0 Å². The van der Waals surface area contributed by atoms with E-state index in [0.29, 0.717) is 0 Å². The Morgan fingerprint density at radius 3 is 2.67 bits per heavy atom. The lowest BCUT2D eigenvalue weighted by atomic mass is 9.90. The first-order valence-electron chi connectivity index (χ1n) is 6.26. The predicted molar refractivity (Wildman–Crippen MR) is 73.7 cm³/mol. The molecule has 2 rings (SSSR count). The molecule has 1 atom stereocenters. The van der Waals surface area contributed by atoms with Crippen molar-refractivity contribution in [1.82, 2.24) is 0 Å². The van der Waals surface area contributed by atoms with Gasteiger partial charge in [-0.05, 0) is 56.5 Å². The van der Waals surface area contributed by atoms with E-state index in [1.165, 1.54) is 0 Å². The molecule has 1 aliphatic rings. The number of hydrogen-bond donors (Lipinski definition) is 2. The molecule has 1 heterocycles. The zero-order chi connectivity index (χ0) is 13.5. The van der Waals surface area contributed by atoms with Crippen molar-refractivity contribution in [2.24, 2.45) is 5.73 Å². The first-order valence-corrected chi connectivity index (χ1v) is 6.26. The van der Waals surface area contributed by atoms with Crippen LogP contribution in [-0.4, -0.2) is 17.3 Å². The number of aryl methyl sites for hydroxylation is 1. The minimum atomic E-state index is -0.612. The molecule has 98 valence electrons. The third-order valence-electron chi connectivity index (χ3n) is 3.43. The zero-order valence-corrected chi connectivity index (χ0v) is 11.4. The Hall–Kier alpha value is -1.32. The fourth-order valence-electron chi connectivity index (χ4n) is 2.50. The molecule has 0 radical (unpaired) electrons. The van der Waals surface area contributed by atoms with Crippen LogP contribution in [0.1, 0.15) is 42.2 Å². The number of hydrogen-bond acceptors (Lipinski definition) is 3. The lowest BCUT2D eigenvalue weighted by molar-refractivity contribution is 0.158. The fourth-order valence-corrected chi connectivity index (χ4v) is 2.50. The summed E-state index contributed by atoms with van der Waals surface area (Å²) in [6.45, 7) is 8.28. The third kappa shape index (κ3) is 2.16. The number of rotatable bonds is 2. The molecule has 0 bridgehead atoms. The van der Waals surface area contributed by atoms with Crippen molar-refractivity contribution in [2.75, 3.05) is 6.54 Å². The van der Waals surface area contributed by atoms with Gasteiger partial charge in [0, 0.05) is 12.1 Å². The summed E-state index contributed by atoms with van der Waals surface area (Å²) in [5, 5.41) is 10.0. The van der Waals surface area contributed by atoms with Crippen molar-refractivity contribution < 1.29 is 9.84 Å². The Morgan fingerprint density at radius 2 is 2.06 bits per heavy atom. The van der Waals surface area contributed by atoms with Gasteiger partial charge in [-0.2, -0.15) is 0 Å². The number of fused-ring (bicyclic) bond motifs is 1. The van der Waals surface area contributed by atoms with E-state index >= 15 is 0 Å². The molecule has 1 aliphatic heterocycles. The first-order chi connectivity index (χ1) is 8.35. The Labute approximate surface area is 108 Å². The summed E-state index contributed by atoms with van der Waals surface area (Å²) < 4.78 is 5.95. The second-order valence-electron chi connectivity index (χ2n) is 5.43. The van der Waals surface area contributed by atoms with Crippen LogP contribution in [0, 0.1) is 13.8 Å². The molecule has 1 unspecified atom stereocenters. The molecule has 1 aromatic rings. The van der Waals surface area contributed by atoms with Crippen LogP contribution in [0.15, 0.2) is 12.1 Å². The average molecular weight is 247 g/mol. The van der Waals surface area contributed by atoms with Gasteiger partial charge >= 0.3 is 0 Å². The average Bonchev–Trinajstić information content (AvgIpc) is 2.26. The Kier molecular flexibility index (Phi) is 3.21. The molecular weight excluding hydrogens is 226 g/mol. The van der Waals surface area contributed by atoms with E-state index in [-0.39, 0.29) is 12.1 Å². The van der Waals surface area contributed by atoms with Crippen molar-refractivity contribution in [3.05, 3.63) is 34.4 Å². The second-order valence-corrected chi connectivity index (χ2v) is 5.43. The van der Waals surface area contributed by atoms with E-state index in [0.717, 1.165) is 28.0 Å². The van der Waals surface area contributed by atoms with Crippen molar-refractivity contribution in [3.8, 4) is 5.75 Å². The maximum absolute atomic E-state index is 10.0. The van der Waals surface area contributed by atoms with Crippen LogP contribution in [0.3, 0.4) is 0 Å². The largest absolute Gasteiger partial charge is 0.483 e. The second kappa shape index (κ2) is 4.41. The monoisotopic (exact) mass is 247 g/mol. The molecule has 3 nitrogen and oxygen atoms in total. The quantitative estimate of drug-likeness (QED) is 0.844. The maximum Gasteiger partial charge on any atom is 0.128 e. The maximum atomic E-state index is 10.0. The molecule has 0 aliphatic carbocycles. The van der Waals surface area contributed by atoms with Crippen molar-refractivity contribution in [3.63, 3.8) is 0 Å². The smallest absolute Gasteiger partial charge is 0.128 e. The molecule has 18 heavy (non-hydrogen) atoms. The molecule has 3 N–H and O–H groups in total. The highest BCUT2D eigenvalue weighted by atomic mass is 16.5. The highest BCUT2D eigenvalue weighted by Gasteiger charge is 2.25. The Morgan fingerprint density at radius 1 is 1.39 bits per heavy atom. The van der Waals surface area contributed by atoms with Gasteiger partial charge in [0.1, 0.15) is 11.4 Å². The van der Waals surface area contributed by atoms with Crippen molar-refractivity contribution in [2.45, 2.75) is 39.4 Å². The van der Waals surface area contributed by atoms with Gasteiger partial charge in [0.25, 0.3) is 0 Å². The molecule has 0 amide bonds. The van der Waals surface area contributed by atoms with Gasteiger partial charge in [0.15, 0.2) is 0 Å². The van der Waals surface area contributed by atoms with Gasteiger partial charge in [-0.3, -0.25) is 0 Å². The van der Waals surface area contributed by atoms with Crippen LogP contribution in [0.2, 0.25) is 0 Å². The van der Waals surface area contributed by atoms with E-state index in [2.05, 4.69) is 6.08 Å². The molecule has 0 saturated heterocycles. The predicted octanol–water partition coefficient (Wildman–Crippen LogP) is 2.48. The third-order valence-corrected chi connectivity index (χ3v) is 3.43. The van der Waals surface area contributed by atoms with Gasteiger partial charge in [-0.15, -0.1) is 0 Å². The summed E-state index contributed by atoms with van der Waals surface area (Å²) in [5.41, 5.74) is 9.32. The van der Waals surface area contributed by atoms with E-state index < -0.39 is 6.10 Å². The normalized spacial score (nSPS) is 18.1. The molecule has 0 spiro atoms. The topological polar surface area (TPSA) is 55.5 Å². The molecular formula is C15H21NO2. The number of aliphatic hydroxyl groups excluding tert-OH is 1. The van der Waals surface area contributed by atoms with Crippen LogP contribution >= 0.6 is 0 Å². The van der Waals surface area contributed by atoms with Gasteiger partial charge in [0.05, 0.1) is 6.10 Å². The number of ether oxygens (including phenoxy) is 1. The Bertz CT molecular complexity index is 504. The minimum absolute atomic E-state index is 0.233. The van der Waals surface area contributed by atoms with Crippen LogP contribution in [0.5, 0.6) is 5.75 Å². The summed E-state index contributed by atoms with van der Waals surface area (Å²) in [6.07, 6.45) is 3.50. The SMILES string of the molecule is Cc1cc2c(c(C)c1C(O)CN)C=CC(C)(C)O2. The summed E-state index contributed by atoms with van der Waals surface area (Å²) in [5.74, 6) is 0.880. The van der Waals surface area contributed by atoms with Crippen LogP contribution in [0.4, 0.5) is 0 Å². The highest BCUT2D eigenvalue weighted by Crippen LogP contribution is 2.37. The zero-order valence-electron chi connectivity index (χ0n) is 11.4. The summed E-state index contributed by atoms with van der Waals surface area (Å²) in [7, 11) is 0. The fraction of sp³-hybridized carbons (Fsp3) is 0.467. The van der Waals surface area contributed by atoms with Gasteiger partial charge < -0.3 is 15.6 Å². The number of benzene rings is 1. The molecule has 3 heteroatoms. The summed E-state index contributed by atoms with van der Waals surface area (Å²) >= 11 is 0. The summed E-state index contributed by atoms with van der Waals surface area (Å²) in [6, 6.07) is 1.99. The first kappa shape index (κ1) is 13.1. The van der Waals surface area contributed by atoms with Crippen LogP contribution < -0.4 is 10.5 Å². The standard InChI is InChI=1S/C15H21NO2/c1-9-7-13-11(5-6-15(3,4)18-13)10(2)14(9)12(17)8-16/h5-7,12,17H,8,16H2,1-4H3. The van der Waals surface area contributed by atoms with Crippen molar-refractivity contribution >= 4 is 6.08 Å². The van der Waals surface area contributed by atoms with Gasteiger partial charge in [-0.25, -0.2) is 0 Å². The number of aliphatic hydroxyl groups is 1.